The molecule has 19 heavy (non-hydrogen) atoms. The van der Waals surface area contributed by atoms with E-state index in [0.29, 0.717) is 12.0 Å². The summed E-state index contributed by atoms with van der Waals surface area (Å²) in [6, 6.07) is 16.8. The van der Waals surface area contributed by atoms with Gasteiger partial charge in [-0.2, -0.15) is 8.78 Å². The number of alkyl halides is 2. The minimum absolute atomic E-state index is 0.0264. The van der Waals surface area contributed by atoms with Crippen LogP contribution in [0.5, 0.6) is 0 Å². The molecule has 2 rings (SSSR count). The van der Waals surface area contributed by atoms with Gasteiger partial charge in [0.1, 0.15) is 0 Å². The molecule has 2 aromatic carbocycles. The third-order valence-electron chi connectivity index (χ3n) is 2.97. The van der Waals surface area contributed by atoms with Gasteiger partial charge in [0.05, 0.1) is 0 Å². The zero-order chi connectivity index (χ0) is 13.7. The van der Waals surface area contributed by atoms with Gasteiger partial charge < -0.3 is 0 Å². The first-order chi connectivity index (χ1) is 9.16. The third kappa shape index (κ3) is 2.90. The molecular weight excluding hydrogens is 242 g/mol. The van der Waals surface area contributed by atoms with Crippen LogP contribution in [0.3, 0.4) is 0 Å². The first-order valence-electron chi connectivity index (χ1n) is 6.35. The van der Waals surface area contributed by atoms with Gasteiger partial charge in [0.15, 0.2) is 0 Å². The van der Waals surface area contributed by atoms with Crippen LogP contribution in [0, 0.1) is 0 Å². The molecular formula is C17H16F2. The van der Waals surface area contributed by atoms with Gasteiger partial charge in [-0.1, -0.05) is 73.7 Å². The summed E-state index contributed by atoms with van der Waals surface area (Å²) in [4.78, 5) is 0. The van der Waals surface area contributed by atoms with Gasteiger partial charge in [-0.05, 0) is 12.0 Å². The van der Waals surface area contributed by atoms with Gasteiger partial charge in [0, 0.05) is 11.1 Å². The monoisotopic (exact) mass is 258 g/mol. The van der Waals surface area contributed by atoms with E-state index in [4.69, 9.17) is 0 Å². The molecule has 0 radical (unpaired) electrons. The Morgan fingerprint density at radius 1 is 0.947 bits per heavy atom. The van der Waals surface area contributed by atoms with E-state index in [1.165, 1.54) is 12.1 Å². The van der Waals surface area contributed by atoms with Crippen LogP contribution < -0.4 is 0 Å². The van der Waals surface area contributed by atoms with E-state index in [-0.39, 0.29) is 11.1 Å². The topological polar surface area (TPSA) is 0 Å². The van der Waals surface area contributed by atoms with Gasteiger partial charge in [-0.15, -0.1) is 0 Å². The van der Waals surface area contributed by atoms with Gasteiger partial charge in [0.2, 0.25) is 0 Å². The van der Waals surface area contributed by atoms with Crippen LogP contribution >= 0.6 is 0 Å². The molecule has 0 aliphatic heterocycles. The molecule has 0 atom stereocenters. The highest BCUT2D eigenvalue weighted by molar-refractivity contribution is 5.72. The summed E-state index contributed by atoms with van der Waals surface area (Å²) in [5.74, 6) is -2.97. The van der Waals surface area contributed by atoms with Gasteiger partial charge >= 0.3 is 0 Å². The number of hydrogen-bond donors (Lipinski definition) is 0. The summed E-state index contributed by atoms with van der Waals surface area (Å²) in [6.07, 6.45) is 2.18. The maximum Gasteiger partial charge on any atom is 0.298 e. The molecule has 0 N–H and O–H groups in total. The summed E-state index contributed by atoms with van der Waals surface area (Å²) < 4.78 is 29.2. The number of allylic oxidation sites excluding steroid dienone is 2. The van der Waals surface area contributed by atoms with E-state index in [1.54, 1.807) is 48.5 Å². The normalized spacial score (nSPS) is 12.5. The maximum absolute atomic E-state index is 14.6. The van der Waals surface area contributed by atoms with Crippen molar-refractivity contribution in [1.29, 1.82) is 0 Å². The van der Waals surface area contributed by atoms with Crippen molar-refractivity contribution in [3.05, 3.63) is 77.9 Å². The van der Waals surface area contributed by atoms with Gasteiger partial charge in [0.25, 0.3) is 5.92 Å². The summed E-state index contributed by atoms with van der Waals surface area (Å²) in [5, 5.41) is 0. The molecule has 2 heteroatoms. The number of rotatable bonds is 4. The Bertz CT molecular complexity index is 542. The molecule has 0 heterocycles. The summed E-state index contributed by atoms with van der Waals surface area (Å²) in [7, 11) is 0. The Kier molecular flexibility index (Phi) is 4.10. The summed E-state index contributed by atoms with van der Waals surface area (Å²) >= 11 is 0. The second-order valence-corrected chi connectivity index (χ2v) is 4.33. The highest BCUT2D eigenvalue weighted by atomic mass is 19.3. The van der Waals surface area contributed by atoms with Crippen molar-refractivity contribution in [3.63, 3.8) is 0 Å². The average molecular weight is 258 g/mol. The fourth-order valence-corrected chi connectivity index (χ4v) is 2.05. The zero-order valence-corrected chi connectivity index (χ0v) is 10.8. The minimum atomic E-state index is -2.97. The standard InChI is InChI=1S/C17H16F2/c1-2-9-16(14-10-5-3-6-11-14)17(18,19)15-12-7-4-8-13-15/h3-13H,2H2,1H3. The van der Waals surface area contributed by atoms with Crippen molar-refractivity contribution in [2.45, 2.75) is 19.3 Å². The van der Waals surface area contributed by atoms with Crippen LogP contribution in [-0.4, -0.2) is 0 Å². The fraction of sp³-hybridized carbons (Fsp3) is 0.176. The number of benzene rings is 2. The molecule has 0 nitrogen and oxygen atoms in total. The Morgan fingerprint density at radius 2 is 1.47 bits per heavy atom. The molecule has 2 aromatic rings. The molecule has 0 fully saturated rings. The quantitative estimate of drug-likeness (QED) is 0.700. The smallest absolute Gasteiger partial charge is 0.196 e. The SMILES string of the molecule is CCC=C(c1ccccc1)C(F)(F)c1ccccc1. The van der Waals surface area contributed by atoms with E-state index in [0.717, 1.165) is 0 Å². The fourth-order valence-electron chi connectivity index (χ4n) is 2.05. The average Bonchev–Trinajstić information content (AvgIpc) is 2.46. The molecule has 0 unspecified atom stereocenters. The number of halogens is 2. The zero-order valence-electron chi connectivity index (χ0n) is 10.8. The highest BCUT2D eigenvalue weighted by Gasteiger charge is 2.36. The summed E-state index contributed by atoms with van der Waals surface area (Å²) in [6.45, 7) is 1.87. The summed E-state index contributed by atoms with van der Waals surface area (Å²) in [5.41, 5.74) is 0.665. The van der Waals surface area contributed by atoms with Crippen molar-refractivity contribution in [2.75, 3.05) is 0 Å². The van der Waals surface area contributed by atoms with E-state index in [2.05, 4.69) is 0 Å². The molecule has 0 aliphatic rings. The molecule has 0 aromatic heterocycles. The van der Waals surface area contributed by atoms with Gasteiger partial charge in [-0.25, -0.2) is 0 Å². The Hall–Kier alpha value is -1.96. The highest BCUT2D eigenvalue weighted by Crippen LogP contribution is 2.41. The van der Waals surface area contributed by atoms with Crippen LogP contribution in [0.4, 0.5) is 8.78 Å². The Balaban J connectivity index is 2.49. The van der Waals surface area contributed by atoms with Crippen LogP contribution in [0.2, 0.25) is 0 Å². The van der Waals surface area contributed by atoms with Crippen LogP contribution in [0.15, 0.2) is 66.7 Å². The first kappa shape index (κ1) is 13.5. The predicted molar refractivity (Wildman–Crippen MR) is 75.0 cm³/mol. The molecule has 0 amide bonds. The first-order valence-corrected chi connectivity index (χ1v) is 6.35. The Labute approximate surface area is 112 Å². The van der Waals surface area contributed by atoms with Gasteiger partial charge in [-0.3, -0.25) is 0 Å². The van der Waals surface area contributed by atoms with E-state index in [1.807, 2.05) is 13.0 Å². The number of hydrogen-bond acceptors (Lipinski definition) is 0. The van der Waals surface area contributed by atoms with Crippen molar-refractivity contribution in [2.24, 2.45) is 0 Å². The van der Waals surface area contributed by atoms with Crippen LogP contribution in [0.25, 0.3) is 5.57 Å². The van der Waals surface area contributed by atoms with Crippen molar-refractivity contribution in [1.82, 2.24) is 0 Å². The lowest BCUT2D eigenvalue weighted by Gasteiger charge is -2.21. The minimum Gasteiger partial charge on any atom is -0.196 e. The van der Waals surface area contributed by atoms with E-state index >= 15 is 0 Å². The lowest BCUT2D eigenvalue weighted by Crippen LogP contribution is -2.16. The molecule has 0 saturated heterocycles. The molecule has 0 saturated carbocycles. The van der Waals surface area contributed by atoms with E-state index < -0.39 is 5.92 Å². The van der Waals surface area contributed by atoms with Crippen LogP contribution in [-0.2, 0) is 5.92 Å². The molecule has 0 spiro atoms. The molecule has 0 aliphatic carbocycles. The van der Waals surface area contributed by atoms with Crippen LogP contribution in [0.1, 0.15) is 24.5 Å². The maximum atomic E-state index is 14.6. The molecule has 0 bridgehead atoms. The predicted octanol–water partition coefficient (Wildman–Crippen LogP) is 5.27. The van der Waals surface area contributed by atoms with Crippen molar-refractivity contribution < 1.29 is 8.78 Å². The van der Waals surface area contributed by atoms with Crippen molar-refractivity contribution in [3.8, 4) is 0 Å². The lowest BCUT2D eigenvalue weighted by molar-refractivity contribution is 0.0641. The molecule has 98 valence electrons. The second kappa shape index (κ2) is 5.79. The van der Waals surface area contributed by atoms with Crippen molar-refractivity contribution >= 4 is 5.57 Å². The van der Waals surface area contributed by atoms with E-state index in [9.17, 15) is 8.78 Å². The Morgan fingerprint density at radius 3 is 2.00 bits per heavy atom. The largest absolute Gasteiger partial charge is 0.298 e. The lowest BCUT2D eigenvalue weighted by atomic mass is 9.93. The third-order valence-corrected chi connectivity index (χ3v) is 2.97. The second-order valence-electron chi connectivity index (χ2n) is 4.33.